The van der Waals surface area contributed by atoms with E-state index >= 15 is 0 Å². The number of fused-ring (bicyclic) bond motifs is 1. The fourth-order valence-electron chi connectivity index (χ4n) is 2.31. The normalized spacial score (nSPS) is 25.1. The van der Waals surface area contributed by atoms with E-state index in [4.69, 9.17) is 0 Å². The molecular formula is C12H14BrN. The molecule has 0 spiro atoms. The summed E-state index contributed by atoms with van der Waals surface area (Å²) in [4.78, 5) is 0. The van der Waals surface area contributed by atoms with Crippen LogP contribution in [0.1, 0.15) is 24.0 Å². The average molecular weight is 252 g/mol. The SMILES string of the molecule is Brc1cccc2c1CC(NC1CC1)C2. The topological polar surface area (TPSA) is 12.0 Å². The summed E-state index contributed by atoms with van der Waals surface area (Å²) in [5, 5.41) is 3.71. The van der Waals surface area contributed by atoms with Gasteiger partial charge in [-0.2, -0.15) is 0 Å². The number of halogens is 1. The van der Waals surface area contributed by atoms with Crippen LogP contribution in [0, 0.1) is 0 Å². The molecular weight excluding hydrogens is 238 g/mol. The molecule has 0 bridgehead atoms. The summed E-state index contributed by atoms with van der Waals surface area (Å²) in [5.74, 6) is 0. The maximum atomic E-state index is 3.71. The third-order valence-electron chi connectivity index (χ3n) is 3.18. The molecule has 1 atom stereocenters. The van der Waals surface area contributed by atoms with E-state index in [0.29, 0.717) is 6.04 Å². The van der Waals surface area contributed by atoms with Gasteiger partial charge in [0.2, 0.25) is 0 Å². The van der Waals surface area contributed by atoms with E-state index in [1.807, 2.05) is 0 Å². The van der Waals surface area contributed by atoms with Gasteiger partial charge in [0.1, 0.15) is 0 Å². The molecule has 0 aromatic heterocycles. The Bertz CT molecular complexity index is 357. The molecule has 14 heavy (non-hydrogen) atoms. The Balaban J connectivity index is 1.78. The van der Waals surface area contributed by atoms with E-state index in [9.17, 15) is 0 Å². The average Bonchev–Trinajstić information content (AvgIpc) is 2.84. The van der Waals surface area contributed by atoms with Gasteiger partial charge in [0.05, 0.1) is 0 Å². The van der Waals surface area contributed by atoms with Crippen molar-refractivity contribution >= 4 is 15.9 Å². The number of hydrogen-bond acceptors (Lipinski definition) is 1. The minimum absolute atomic E-state index is 0.691. The van der Waals surface area contributed by atoms with Gasteiger partial charge in [0.15, 0.2) is 0 Å². The molecule has 2 aliphatic carbocycles. The van der Waals surface area contributed by atoms with Crippen molar-refractivity contribution in [2.24, 2.45) is 0 Å². The Morgan fingerprint density at radius 3 is 2.71 bits per heavy atom. The van der Waals surface area contributed by atoms with Crippen LogP contribution in [0.25, 0.3) is 0 Å². The lowest BCUT2D eigenvalue weighted by molar-refractivity contribution is 0.530. The first-order valence-corrected chi connectivity index (χ1v) is 6.14. The second-order valence-corrected chi connectivity index (χ2v) is 5.28. The lowest BCUT2D eigenvalue weighted by atomic mass is 10.1. The molecule has 1 nitrogen and oxygen atoms in total. The highest BCUT2D eigenvalue weighted by Crippen LogP contribution is 2.30. The molecule has 2 aliphatic rings. The molecule has 0 aliphatic heterocycles. The Morgan fingerprint density at radius 2 is 2.00 bits per heavy atom. The highest BCUT2D eigenvalue weighted by molar-refractivity contribution is 9.10. The van der Waals surface area contributed by atoms with E-state index in [1.165, 1.54) is 41.3 Å². The maximum Gasteiger partial charge on any atom is 0.0210 e. The Hall–Kier alpha value is -0.340. The number of rotatable bonds is 2. The Labute approximate surface area is 93.0 Å². The first-order valence-electron chi connectivity index (χ1n) is 5.35. The van der Waals surface area contributed by atoms with Gasteiger partial charge >= 0.3 is 0 Å². The summed E-state index contributed by atoms with van der Waals surface area (Å²) >= 11 is 3.63. The zero-order valence-corrected chi connectivity index (χ0v) is 9.68. The van der Waals surface area contributed by atoms with Crippen molar-refractivity contribution in [3.63, 3.8) is 0 Å². The summed E-state index contributed by atoms with van der Waals surface area (Å²) in [6.45, 7) is 0. The lowest BCUT2D eigenvalue weighted by Crippen LogP contribution is -2.31. The van der Waals surface area contributed by atoms with Gasteiger partial charge in [0.25, 0.3) is 0 Å². The minimum atomic E-state index is 0.691. The van der Waals surface area contributed by atoms with Crippen LogP contribution in [-0.4, -0.2) is 12.1 Å². The molecule has 1 unspecified atom stereocenters. The smallest absolute Gasteiger partial charge is 0.0210 e. The Morgan fingerprint density at radius 1 is 1.14 bits per heavy atom. The minimum Gasteiger partial charge on any atom is -0.311 e. The summed E-state index contributed by atoms with van der Waals surface area (Å²) < 4.78 is 1.29. The van der Waals surface area contributed by atoms with E-state index < -0.39 is 0 Å². The molecule has 0 saturated heterocycles. The number of hydrogen-bond donors (Lipinski definition) is 1. The van der Waals surface area contributed by atoms with Gasteiger partial charge in [-0.3, -0.25) is 0 Å². The van der Waals surface area contributed by atoms with Gasteiger partial charge in [-0.25, -0.2) is 0 Å². The van der Waals surface area contributed by atoms with Crippen LogP contribution in [0.2, 0.25) is 0 Å². The Kier molecular flexibility index (Phi) is 2.14. The second-order valence-electron chi connectivity index (χ2n) is 4.42. The molecule has 1 saturated carbocycles. The van der Waals surface area contributed by atoms with E-state index in [1.54, 1.807) is 0 Å². The highest BCUT2D eigenvalue weighted by atomic mass is 79.9. The predicted octanol–water partition coefficient (Wildman–Crippen LogP) is 2.67. The van der Waals surface area contributed by atoms with Crippen LogP contribution in [-0.2, 0) is 12.8 Å². The van der Waals surface area contributed by atoms with Crippen LogP contribution in [0.4, 0.5) is 0 Å². The van der Waals surface area contributed by atoms with Gasteiger partial charge in [-0.15, -0.1) is 0 Å². The molecule has 1 fully saturated rings. The number of nitrogens with one attached hydrogen (secondary N) is 1. The quantitative estimate of drug-likeness (QED) is 0.853. The standard InChI is InChI=1S/C12H14BrN/c13-12-3-1-2-8-6-10(7-11(8)12)14-9-4-5-9/h1-3,9-10,14H,4-7H2. The van der Waals surface area contributed by atoms with Crippen molar-refractivity contribution in [1.82, 2.24) is 5.32 Å². The summed E-state index contributed by atoms with van der Waals surface area (Å²) in [5.41, 5.74) is 3.04. The van der Waals surface area contributed by atoms with Crippen molar-refractivity contribution in [1.29, 1.82) is 0 Å². The van der Waals surface area contributed by atoms with Gasteiger partial charge in [0, 0.05) is 16.6 Å². The zero-order chi connectivity index (χ0) is 9.54. The summed E-state index contributed by atoms with van der Waals surface area (Å²) in [6.07, 6.45) is 5.18. The molecule has 2 heteroatoms. The highest BCUT2D eigenvalue weighted by Gasteiger charge is 2.29. The zero-order valence-electron chi connectivity index (χ0n) is 8.09. The molecule has 1 aromatic carbocycles. The van der Waals surface area contributed by atoms with Gasteiger partial charge in [-0.05, 0) is 42.9 Å². The van der Waals surface area contributed by atoms with Gasteiger partial charge in [-0.1, -0.05) is 28.1 Å². The monoisotopic (exact) mass is 251 g/mol. The van der Waals surface area contributed by atoms with Crippen molar-refractivity contribution in [2.45, 2.75) is 37.8 Å². The lowest BCUT2D eigenvalue weighted by Gasteiger charge is -2.09. The summed E-state index contributed by atoms with van der Waals surface area (Å²) in [7, 11) is 0. The largest absolute Gasteiger partial charge is 0.311 e. The third kappa shape index (κ3) is 1.61. The van der Waals surface area contributed by atoms with Gasteiger partial charge < -0.3 is 5.32 Å². The fraction of sp³-hybridized carbons (Fsp3) is 0.500. The predicted molar refractivity (Wildman–Crippen MR) is 61.5 cm³/mol. The van der Waals surface area contributed by atoms with Crippen molar-refractivity contribution in [2.75, 3.05) is 0 Å². The van der Waals surface area contributed by atoms with Crippen molar-refractivity contribution in [3.8, 4) is 0 Å². The van der Waals surface area contributed by atoms with Crippen LogP contribution in [0.5, 0.6) is 0 Å². The molecule has 0 amide bonds. The van der Waals surface area contributed by atoms with Crippen molar-refractivity contribution < 1.29 is 0 Å². The van der Waals surface area contributed by atoms with Crippen LogP contribution >= 0.6 is 15.9 Å². The molecule has 0 heterocycles. The summed E-state index contributed by atoms with van der Waals surface area (Å²) in [6, 6.07) is 8.07. The molecule has 1 N–H and O–H groups in total. The van der Waals surface area contributed by atoms with Crippen LogP contribution in [0.15, 0.2) is 22.7 Å². The fourth-order valence-corrected chi connectivity index (χ4v) is 2.88. The van der Waals surface area contributed by atoms with Crippen molar-refractivity contribution in [3.05, 3.63) is 33.8 Å². The van der Waals surface area contributed by atoms with E-state index in [0.717, 1.165) is 6.04 Å². The van der Waals surface area contributed by atoms with Crippen LogP contribution in [0.3, 0.4) is 0 Å². The maximum absolute atomic E-state index is 3.71. The first-order chi connectivity index (χ1) is 6.83. The number of benzene rings is 1. The molecule has 1 aromatic rings. The molecule has 74 valence electrons. The van der Waals surface area contributed by atoms with E-state index in [2.05, 4.69) is 39.4 Å². The second kappa shape index (κ2) is 3.35. The molecule has 3 rings (SSSR count). The van der Waals surface area contributed by atoms with Crippen LogP contribution < -0.4 is 5.32 Å². The first kappa shape index (κ1) is 8.93. The third-order valence-corrected chi connectivity index (χ3v) is 3.92. The molecule has 0 radical (unpaired) electrons. The van der Waals surface area contributed by atoms with E-state index in [-0.39, 0.29) is 0 Å².